The summed E-state index contributed by atoms with van der Waals surface area (Å²) in [7, 11) is 0. The molecule has 1 amide bonds. The van der Waals surface area contributed by atoms with E-state index in [9.17, 15) is 4.79 Å². The van der Waals surface area contributed by atoms with Crippen LogP contribution in [0.3, 0.4) is 0 Å². The average Bonchev–Trinajstić information content (AvgIpc) is 2.09. The Kier molecular flexibility index (Phi) is 1.72. The molecule has 2 rings (SSSR count). The van der Waals surface area contributed by atoms with Gasteiger partial charge in [0, 0.05) is 0 Å². The van der Waals surface area contributed by atoms with Crippen molar-refractivity contribution < 1.29 is 9.53 Å². The summed E-state index contributed by atoms with van der Waals surface area (Å²) in [6.07, 6.45) is -0.394. The first-order chi connectivity index (χ1) is 6.18. The molecule has 0 unspecified atom stereocenters. The van der Waals surface area contributed by atoms with Crippen LogP contribution in [0.5, 0.6) is 5.75 Å². The molecule has 1 aromatic carbocycles. The highest BCUT2D eigenvalue weighted by Crippen LogP contribution is 2.31. The second-order valence-electron chi connectivity index (χ2n) is 3.20. The molecule has 3 heteroatoms. The fraction of sp³-hybridized carbons (Fsp3) is 0.300. The molecule has 0 saturated carbocycles. The molecule has 1 atom stereocenters. The second-order valence-corrected chi connectivity index (χ2v) is 3.20. The van der Waals surface area contributed by atoms with Crippen LogP contribution in [0.25, 0.3) is 0 Å². The van der Waals surface area contributed by atoms with Crippen molar-refractivity contribution in [2.75, 3.05) is 5.32 Å². The minimum atomic E-state index is -0.394. The molecule has 1 heterocycles. The number of hydrogen-bond donors (Lipinski definition) is 1. The Labute approximate surface area is 76.7 Å². The van der Waals surface area contributed by atoms with Crippen LogP contribution in [0.2, 0.25) is 0 Å². The lowest BCUT2D eigenvalue weighted by Gasteiger charge is -2.24. The van der Waals surface area contributed by atoms with Gasteiger partial charge in [0.05, 0.1) is 5.69 Å². The molecule has 0 bridgehead atoms. The van der Waals surface area contributed by atoms with E-state index < -0.39 is 6.10 Å². The highest BCUT2D eigenvalue weighted by molar-refractivity contribution is 5.98. The summed E-state index contributed by atoms with van der Waals surface area (Å²) >= 11 is 0. The first-order valence-corrected chi connectivity index (χ1v) is 4.25. The van der Waals surface area contributed by atoms with E-state index in [4.69, 9.17) is 4.74 Å². The van der Waals surface area contributed by atoms with Crippen molar-refractivity contribution in [1.82, 2.24) is 0 Å². The Morgan fingerprint density at radius 1 is 1.46 bits per heavy atom. The smallest absolute Gasteiger partial charge is 0.265 e. The lowest BCUT2D eigenvalue weighted by atomic mass is 10.1. The van der Waals surface area contributed by atoms with E-state index in [1.54, 1.807) is 6.92 Å². The number of benzene rings is 1. The van der Waals surface area contributed by atoms with Gasteiger partial charge in [0.1, 0.15) is 5.75 Å². The van der Waals surface area contributed by atoms with Gasteiger partial charge in [-0.05, 0) is 25.5 Å². The average molecular weight is 177 g/mol. The highest BCUT2D eigenvalue weighted by Gasteiger charge is 2.23. The molecule has 68 valence electrons. The van der Waals surface area contributed by atoms with Gasteiger partial charge in [-0.15, -0.1) is 0 Å². The highest BCUT2D eigenvalue weighted by atomic mass is 16.5. The molecule has 0 spiro atoms. The topological polar surface area (TPSA) is 38.3 Å². The van der Waals surface area contributed by atoms with E-state index in [1.165, 1.54) is 0 Å². The number of amides is 1. The van der Waals surface area contributed by atoms with Crippen LogP contribution in [-0.2, 0) is 4.79 Å². The quantitative estimate of drug-likeness (QED) is 0.655. The summed E-state index contributed by atoms with van der Waals surface area (Å²) in [6.45, 7) is 3.68. The maximum absolute atomic E-state index is 11.3. The number of para-hydroxylation sites is 1. The number of nitrogens with one attached hydrogen (secondary N) is 1. The summed E-state index contributed by atoms with van der Waals surface area (Å²) in [6, 6.07) is 5.72. The summed E-state index contributed by atoms with van der Waals surface area (Å²) in [5.41, 5.74) is 1.82. The van der Waals surface area contributed by atoms with E-state index in [0.29, 0.717) is 0 Å². The molecule has 1 N–H and O–H groups in total. The van der Waals surface area contributed by atoms with Crippen LogP contribution in [0.1, 0.15) is 12.5 Å². The molecule has 0 radical (unpaired) electrons. The minimum absolute atomic E-state index is 0.0817. The molecule has 0 aromatic heterocycles. The summed E-state index contributed by atoms with van der Waals surface area (Å²) < 4.78 is 5.41. The summed E-state index contributed by atoms with van der Waals surface area (Å²) in [4.78, 5) is 11.3. The maximum Gasteiger partial charge on any atom is 0.265 e. The van der Waals surface area contributed by atoms with E-state index in [2.05, 4.69) is 5.32 Å². The molecule has 0 aliphatic carbocycles. The second kappa shape index (κ2) is 2.76. The van der Waals surface area contributed by atoms with Crippen molar-refractivity contribution in [2.24, 2.45) is 0 Å². The lowest BCUT2D eigenvalue weighted by Crippen LogP contribution is -2.34. The SMILES string of the molecule is Cc1cccc2c1NC(=O)[C@@H](C)O2. The minimum Gasteiger partial charge on any atom is -0.479 e. The lowest BCUT2D eigenvalue weighted by molar-refractivity contribution is -0.122. The Balaban J connectivity index is 2.48. The largest absolute Gasteiger partial charge is 0.479 e. The number of fused-ring (bicyclic) bond motifs is 1. The van der Waals surface area contributed by atoms with Crippen molar-refractivity contribution in [3.05, 3.63) is 23.8 Å². The monoisotopic (exact) mass is 177 g/mol. The first-order valence-electron chi connectivity index (χ1n) is 4.25. The number of hydrogen-bond acceptors (Lipinski definition) is 2. The number of carbonyl (C=O) groups excluding carboxylic acids is 1. The van der Waals surface area contributed by atoms with Crippen LogP contribution in [0.4, 0.5) is 5.69 Å². The fourth-order valence-electron chi connectivity index (χ4n) is 1.37. The molecular formula is C10H11NO2. The number of aryl methyl sites for hydroxylation is 1. The van der Waals surface area contributed by atoms with Gasteiger partial charge in [0.25, 0.3) is 5.91 Å². The van der Waals surface area contributed by atoms with E-state index in [-0.39, 0.29) is 5.91 Å². The zero-order valence-corrected chi connectivity index (χ0v) is 7.63. The van der Waals surface area contributed by atoms with Gasteiger partial charge in [-0.1, -0.05) is 12.1 Å². The predicted molar refractivity (Wildman–Crippen MR) is 49.9 cm³/mol. The van der Waals surface area contributed by atoms with Crippen LogP contribution >= 0.6 is 0 Å². The van der Waals surface area contributed by atoms with E-state index in [1.807, 2.05) is 25.1 Å². The van der Waals surface area contributed by atoms with Gasteiger partial charge in [-0.2, -0.15) is 0 Å². The number of rotatable bonds is 0. The van der Waals surface area contributed by atoms with Gasteiger partial charge in [0.15, 0.2) is 6.10 Å². The van der Waals surface area contributed by atoms with Crippen LogP contribution in [0, 0.1) is 6.92 Å². The van der Waals surface area contributed by atoms with Gasteiger partial charge in [-0.3, -0.25) is 4.79 Å². The predicted octanol–water partition coefficient (Wildman–Crippen LogP) is 1.71. The van der Waals surface area contributed by atoms with Crippen LogP contribution in [-0.4, -0.2) is 12.0 Å². The van der Waals surface area contributed by atoms with Gasteiger partial charge in [0.2, 0.25) is 0 Å². The van der Waals surface area contributed by atoms with Crippen molar-refractivity contribution in [1.29, 1.82) is 0 Å². The molecule has 0 fully saturated rings. The zero-order valence-electron chi connectivity index (χ0n) is 7.63. The van der Waals surface area contributed by atoms with Crippen molar-refractivity contribution in [3.8, 4) is 5.75 Å². The fourth-order valence-corrected chi connectivity index (χ4v) is 1.37. The first kappa shape index (κ1) is 8.10. The van der Waals surface area contributed by atoms with Crippen molar-refractivity contribution in [3.63, 3.8) is 0 Å². The van der Waals surface area contributed by atoms with E-state index in [0.717, 1.165) is 17.0 Å². The zero-order chi connectivity index (χ0) is 9.42. The Hall–Kier alpha value is -1.51. The van der Waals surface area contributed by atoms with Crippen molar-refractivity contribution in [2.45, 2.75) is 20.0 Å². The third-order valence-corrected chi connectivity index (χ3v) is 2.16. The number of carbonyl (C=O) groups is 1. The summed E-state index contributed by atoms with van der Waals surface area (Å²) in [5.74, 6) is 0.675. The molecular weight excluding hydrogens is 166 g/mol. The molecule has 3 nitrogen and oxygen atoms in total. The Bertz CT molecular complexity index is 360. The third-order valence-electron chi connectivity index (χ3n) is 2.16. The number of ether oxygens (including phenoxy) is 1. The van der Waals surface area contributed by atoms with Gasteiger partial charge in [-0.25, -0.2) is 0 Å². The standard InChI is InChI=1S/C10H11NO2/c1-6-4-3-5-8-9(6)11-10(12)7(2)13-8/h3-5,7H,1-2H3,(H,11,12)/t7-/m1/s1. The molecule has 1 aromatic rings. The normalized spacial score (nSPS) is 20.2. The van der Waals surface area contributed by atoms with E-state index >= 15 is 0 Å². The Morgan fingerprint density at radius 3 is 3.00 bits per heavy atom. The van der Waals surface area contributed by atoms with Crippen LogP contribution in [0.15, 0.2) is 18.2 Å². The third kappa shape index (κ3) is 1.26. The molecule has 1 aliphatic rings. The Morgan fingerprint density at radius 2 is 2.23 bits per heavy atom. The van der Waals surface area contributed by atoms with Crippen LogP contribution < -0.4 is 10.1 Å². The van der Waals surface area contributed by atoms with Crippen molar-refractivity contribution >= 4 is 11.6 Å². The van der Waals surface area contributed by atoms with Gasteiger partial charge >= 0.3 is 0 Å². The molecule has 0 saturated heterocycles. The maximum atomic E-state index is 11.3. The number of anilines is 1. The molecule has 1 aliphatic heterocycles. The molecule has 13 heavy (non-hydrogen) atoms. The van der Waals surface area contributed by atoms with Gasteiger partial charge < -0.3 is 10.1 Å². The summed E-state index contributed by atoms with van der Waals surface area (Å²) in [5, 5.41) is 2.81.